The Hall–Kier alpha value is -2.75. The van der Waals surface area contributed by atoms with Gasteiger partial charge in [-0.05, 0) is 17.7 Å². The molecule has 0 aliphatic carbocycles. The Morgan fingerprint density at radius 1 is 0.952 bits per heavy atom. The molecule has 0 bridgehead atoms. The molecule has 4 heteroatoms. The van der Waals surface area contributed by atoms with Gasteiger partial charge in [0, 0.05) is 0 Å². The molecule has 1 aromatic heterocycles. The van der Waals surface area contributed by atoms with Crippen LogP contribution in [0.4, 0.5) is 0 Å². The molecule has 3 rings (SSSR count). The van der Waals surface area contributed by atoms with Crippen molar-refractivity contribution in [2.45, 2.75) is 13.0 Å². The van der Waals surface area contributed by atoms with Crippen molar-refractivity contribution in [3.63, 3.8) is 0 Å². The molecular weight excluding hydrogens is 262 g/mol. The summed E-state index contributed by atoms with van der Waals surface area (Å²) < 4.78 is 0. The molecule has 3 aromatic rings. The van der Waals surface area contributed by atoms with Crippen molar-refractivity contribution in [1.29, 1.82) is 0 Å². The zero-order valence-corrected chi connectivity index (χ0v) is 11.5. The lowest BCUT2D eigenvalue weighted by Crippen LogP contribution is -2.25. The van der Waals surface area contributed by atoms with Crippen LogP contribution in [0.15, 0.2) is 60.8 Å². The number of fused-ring (bicyclic) bond motifs is 1. The Balaban J connectivity index is 1.62. The summed E-state index contributed by atoms with van der Waals surface area (Å²) in [6.45, 7) is 0.392. The highest BCUT2D eigenvalue weighted by atomic mass is 16.1. The summed E-state index contributed by atoms with van der Waals surface area (Å²) in [5.41, 5.74) is 3.46. The number of para-hydroxylation sites is 2. The summed E-state index contributed by atoms with van der Waals surface area (Å²) in [5.74, 6) is -0.0174. The molecule has 1 heterocycles. The van der Waals surface area contributed by atoms with E-state index in [1.54, 1.807) is 6.20 Å². The fourth-order valence-corrected chi connectivity index (χ4v) is 2.11. The predicted molar refractivity (Wildman–Crippen MR) is 81.5 cm³/mol. The van der Waals surface area contributed by atoms with Gasteiger partial charge < -0.3 is 5.32 Å². The van der Waals surface area contributed by atoms with Gasteiger partial charge in [0.05, 0.1) is 35.9 Å². The van der Waals surface area contributed by atoms with E-state index >= 15 is 0 Å². The third-order valence-corrected chi connectivity index (χ3v) is 3.17. The lowest BCUT2D eigenvalue weighted by Gasteiger charge is -2.05. The van der Waals surface area contributed by atoms with Crippen LogP contribution in [0.2, 0.25) is 0 Å². The third kappa shape index (κ3) is 3.42. The summed E-state index contributed by atoms with van der Waals surface area (Å²) >= 11 is 0. The van der Waals surface area contributed by atoms with Gasteiger partial charge >= 0.3 is 0 Å². The standard InChI is InChI=1S/C17H15N3O/c21-17(10-13-6-2-1-3-7-13)19-12-14-11-18-15-8-4-5-9-16(15)20-14/h1-9,11H,10,12H2,(H,19,21). The predicted octanol–water partition coefficient (Wildman–Crippen LogP) is 2.49. The zero-order chi connectivity index (χ0) is 14.5. The van der Waals surface area contributed by atoms with Crippen LogP contribution in [0, 0.1) is 0 Å². The van der Waals surface area contributed by atoms with Crippen LogP contribution in [-0.4, -0.2) is 15.9 Å². The van der Waals surface area contributed by atoms with Crippen molar-refractivity contribution >= 4 is 16.9 Å². The molecule has 4 nitrogen and oxygen atoms in total. The van der Waals surface area contributed by atoms with Gasteiger partial charge in [-0.2, -0.15) is 0 Å². The van der Waals surface area contributed by atoms with Crippen LogP contribution in [-0.2, 0) is 17.8 Å². The number of benzene rings is 2. The minimum Gasteiger partial charge on any atom is -0.350 e. The highest BCUT2D eigenvalue weighted by Crippen LogP contribution is 2.08. The maximum atomic E-state index is 11.9. The minimum atomic E-state index is -0.0174. The van der Waals surface area contributed by atoms with E-state index in [4.69, 9.17) is 0 Å². The van der Waals surface area contributed by atoms with E-state index < -0.39 is 0 Å². The summed E-state index contributed by atoms with van der Waals surface area (Å²) in [7, 11) is 0. The van der Waals surface area contributed by atoms with E-state index in [-0.39, 0.29) is 5.91 Å². The van der Waals surface area contributed by atoms with Crippen molar-refractivity contribution < 1.29 is 4.79 Å². The number of aromatic nitrogens is 2. The van der Waals surface area contributed by atoms with Gasteiger partial charge in [0.15, 0.2) is 0 Å². The quantitative estimate of drug-likeness (QED) is 0.797. The summed E-state index contributed by atoms with van der Waals surface area (Å²) in [6, 6.07) is 17.4. The molecule has 0 fully saturated rings. The smallest absolute Gasteiger partial charge is 0.224 e. The van der Waals surface area contributed by atoms with Gasteiger partial charge in [0.2, 0.25) is 5.91 Å². The minimum absolute atomic E-state index is 0.0174. The van der Waals surface area contributed by atoms with Crippen molar-refractivity contribution in [2.75, 3.05) is 0 Å². The van der Waals surface area contributed by atoms with Crippen molar-refractivity contribution in [1.82, 2.24) is 15.3 Å². The van der Waals surface area contributed by atoms with Gasteiger partial charge in [-0.1, -0.05) is 42.5 Å². The monoisotopic (exact) mass is 277 g/mol. The average molecular weight is 277 g/mol. The number of hydrogen-bond donors (Lipinski definition) is 1. The van der Waals surface area contributed by atoms with Crippen molar-refractivity contribution in [3.8, 4) is 0 Å². The highest BCUT2D eigenvalue weighted by Gasteiger charge is 2.04. The van der Waals surface area contributed by atoms with Crippen LogP contribution < -0.4 is 5.32 Å². The molecule has 0 aliphatic rings. The summed E-state index contributed by atoms with van der Waals surface area (Å²) in [6.07, 6.45) is 2.08. The van der Waals surface area contributed by atoms with Crippen LogP contribution >= 0.6 is 0 Å². The molecule has 0 unspecified atom stereocenters. The molecule has 0 saturated carbocycles. The van der Waals surface area contributed by atoms with Crippen molar-refractivity contribution in [2.24, 2.45) is 0 Å². The average Bonchev–Trinajstić information content (AvgIpc) is 2.54. The van der Waals surface area contributed by atoms with Crippen LogP contribution in [0.5, 0.6) is 0 Å². The largest absolute Gasteiger partial charge is 0.350 e. The second-order valence-electron chi connectivity index (χ2n) is 4.79. The number of nitrogens with one attached hydrogen (secondary N) is 1. The van der Waals surface area contributed by atoms with E-state index in [1.165, 1.54) is 0 Å². The SMILES string of the molecule is O=C(Cc1ccccc1)NCc1cnc2ccccc2n1. The Kier molecular flexibility index (Phi) is 3.87. The second-order valence-corrected chi connectivity index (χ2v) is 4.79. The number of carbonyl (C=O) groups excluding carboxylic acids is 1. The summed E-state index contributed by atoms with van der Waals surface area (Å²) in [5, 5.41) is 2.87. The lowest BCUT2D eigenvalue weighted by atomic mass is 10.1. The lowest BCUT2D eigenvalue weighted by molar-refractivity contribution is -0.120. The van der Waals surface area contributed by atoms with E-state index in [0.29, 0.717) is 13.0 Å². The van der Waals surface area contributed by atoms with Crippen LogP contribution in [0.25, 0.3) is 11.0 Å². The van der Waals surface area contributed by atoms with Gasteiger partial charge in [-0.3, -0.25) is 9.78 Å². The fraction of sp³-hybridized carbons (Fsp3) is 0.118. The Labute approximate surface area is 122 Å². The number of nitrogens with zero attached hydrogens (tertiary/aromatic N) is 2. The highest BCUT2D eigenvalue weighted by molar-refractivity contribution is 5.78. The first-order chi connectivity index (χ1) is 10.3. The Morgan fingerprint density at radius 2 is 1.67 bits per heavy atom. The Bertz CT molecular complexity index is 756. The van der Waals surface area contributed by atoms with E-state index in [1.807, 2.05) is 54.6 Å². The molecule has 2 aromatic carbocycles. The maximum Gasteiger partial charge on any atom is 0.224 e. The first-order valence-electron chi connectivity index (χ1n) is 6.82. The maximum absolute atomic E-state index is 11.9. The first-order valence-corrected chi connectivity index (χ1v) is 6.82. The molecule has 0 saturated heterocycles. The van der Waals surface area contributed by atoms with Crippen LogP contribution in [0.3, 0.4) is 0 Å². The first kappa shape index (κ1) is 13.2. The normalized spacial score (nSPS) is 10.5. The molecule has 104 valence electrons. The van der Waals surface area contributed by atoms with Crippen molar-refractivity contribution in [3.05, 3.63) is 72.1 Å². The second kappa shape index (κ2) is 6.13. The van der Waals surface area contributed by atoms with Gasteiger partial charge in [0.25, 0.3) is 0 Å². The van der Waals surface area contributed by atoms with Gasteiger partial charge in [-0.25, -0.2) is 4.98 Å². The number of amides is 1. The zero-order valence-electron chi connectivity index (χ0n) is 11.5. The molecule has 1 N–H and O–H groups in total. The van der Waals surface area contributed by atoms with Gasteiger partial charge in [-0.15, -0.1) is 0 Å². The molecule has 1 amide bonds. The summed E-state index contributed by atoms with van der Waals surface area (Å²) in [4.78, 5) is 20.7. The third-order valence-electron chi connectivity index (χ3n) is 3.17. The van der Waals surface area contributed by atoms with E-state index in [0.717, 1.165) is 22.3 Å². The Morgan fingerprint density at radius 3 is 2.48 bits per heavy atom. The van der Waals surface area contributed by atoms with E-state index in [2.05, 4.69) is 15.3 Å². The number of carbonyl (C=O) groups is 1. The number of rotatable bonds is 4. The molecule has 0 atom stereocenters. The molecular formula is C17H15N3O. The van der Waals surface area contributed by atoms with E-state index in [9.17, 15) is 4.79 Å². The van der Waals surface area contributed by atoms with Crippen LogP contribution in [0.1, 0.15) is 11.3 Å². The topological polar surface area (TPSA) is 54.9 Å². The number of hydrogen-bond acceptors (Lipinski definition) is 3. The molecule has 21 heavy (non-hydrogen) atoms. The molecule has 0 spiro atoms. The molecule has 0 radical (unpaired) electrons. The molecule has 0 aliphatic heterocycles. The van der Waals surface area contributed by atoms with Gasteiger partial charge in [0.1, 0.15) is 0 Å². The fourth-order valence-electron chi connectivity index (χ4n) is 2.11.